The molecule has 0 aliphatic carbocycles. The molecule has 0 radical (unpaired) electrons. The van der Waals surface area contributed by atoms with E-state index in [1.807, 2.05) is 0 Å². The maximum Gasteiger partial charge on any atom is 0.0480 e. The van der Waals surface area contributed by atoms with E-state index in [0.717, 1.165) is 6.67 Å². The van der Waals surface area contributed by atoms with E-state index in [4.69, 9.17) is 0 Å². The van der Waals surface area contributed by atoms with Crippen LogP contribution in [0.15, 0.2) is 0 Å². The lowest BCUT2D eigenvalue weighted by Crippen LogP contribution is -2.43. The van der Waals surface area contributed by atoms with Crippen LogP contribution in [0.2, 0.25) is 0 Å². The van der Waals surface area contributed by atoms with Gasteiger partial charge in [-0.2, -0.15) is 0 Å². The van der Waals surface area contributed by atoms with E-state index in [1.54, 1.807) is 0 Å². The molecule has 4 heteroatoms. The third kappa shape index (κ3) is 5.80. The Bertz CT molecular complexity index is 133. The third-order valence-electron chi connectivity index (χ3n) is 3.27. The van der Waals surface area contributed by atoms with Gasteiger partial charge in [0.25, 0.3) is 0 Å². The van der Waals surface area contributed by atoms with Gasteiger partial charge in [-0.25, -0.2) is 0 Å². The molecule has 2 fully saturated rings. The second kappa shape index (κ2) is 8.93. The molecule has 0 amide bonds. The van der Waals surface area contributed by atoms with Crippen molar-refractivity contribution in [3.63, 3.8) is 0 Å². The number of nitrogens with one attached hydrogen (secondary N) is 2. The molecular weight excluding hydrogens is 200 g/mol. The summed E-state index contributed by atoms with van der Waals surface area (Å²) in [6.07, 6.45) is 1.31. The van der Waals surface area contributed by atoms with Gasteiger partial charge in [-0.15, -0.1) is 0 Å². The molecular formula is C12H28N4. The van der Waals surface area contributed by atoms with E-state index in [0.29, 0.717) is 0 Å². The molecule has 96 valence electrons. The van der Waals surface area contributed by atoms with Crippen LogP contribution in [0.1, 0.15) is 20.3 Å². The summed E-state index contributed by atoms with van der Waals surface area (Å²) in [5.74, 6) is 0. The van der Waals surface area contributed by atoms with E-state index in [-0.39, 0.29) is 0 Å². The highest BCUT2D eigenvalue weighted by Gasteiger charge is 2.05. The summed E-state index contributed by atoms with van der Waals surface area (Å²) >= 11 is 0. The summed E-state index contributed by atoms with van der Waals surface area (Å²) in [5, 5.41) is 6.62. The lowest BCUT2D eigenvalue weighted by atomic mass is 10.3. The van der Waals surface area contributed by atoms with Crippen molar-refractivity contribution < 1.29 is 0 Å². The standard InChI is InChI=1S/2C6H14N2/c1-2-8-5-3-7-4-6-8;1-2-8-5-3-4-7-6-8/h2*7H,2-6H2,1H3. The minimum Gasteiger partial charge on any atom is -0.314 e. The van der Waals surface area contributed by atoms with Gasteiger partial charge in [-0.1, -0.05) is 13.8 Å². The first-order chi connectivity index (χ1) is 7.86. The number of hydrogen-bond acceptors (Lipinski definition) is 4. The lowest BCUT2D eigenvalue weighted by Gasteiger charge is -2.25. The van der Waals surface area contributed by atoms with Crippen LogP contribution >= 0.6 is 0 Å². The van der Waals surface area contributed by atoms with Crippen LogP contribution in [0.5, 0.6) is 0 Å². The SMILES string of the molecule is CCN1CCCNC1.CCN1CCNCC1. The summed E-state index contributed by atoms with van der Waals surface area (Å²) in [6, 6.07) is 0. The fourth-order valence-corrected chi connectivity index (χ4v) is 2.04. The second-order valence-corrected chi connectivity index (χ2v) is 4.41. The van der Waals surface area contributed by atoms with Gasteiger partial charge < -0.3 is 15.5 Å². The number of piperazine rings is 1. The molecule has 0 aromatic heterocycles. The van der Waals surface area contributed by atoms with Crippen LogP contribution in [0.25, 0.3) is 0 Å². The van der Waals surface area contributed by atoms with Crippen LogP contribution in [0.3, 0.4) is 0 Å². The highest BCUT2D eigenvalue weighted by Crippen LogP contribution is 1.92. The Hall–Kier alpha value is -0.160. The van der Waals surface area contributed by atoms with Crippen molar-refractivity contribution in [2.24, 2.45) is 0 Å². The first-order valence-corrected chi connectivity index (χ1v) is 6.73. The van der Waals surface area contributed by atoms with E-state index in [9.17, 15) is 0 Å². The number of nitrogens with zero attached hydrogens (tertiary/aromatic N) is 2. The van der Waals surface area contributed by atoms with Crippen molar-refractivity contribution in [3.05, 3.63) is 0 Å². The van der Waals surface area contributed by atoms with E-state index in [1.165, 1.54) is 58.8 Å². The lowest BCUT2D eigenvalue weighted by molar-refractivity contribution is 0.226. The van der Waals surface area contributed by atoms with E-state index in [2.05, 4.69) is 34.3 Å². The van der Waals surface area contributed by atoms with Gasteiger partial charge >= 0.3 is 0 Å². The minimum atomic E-state index is 1.09. The Morgan fingerprint density at radius 2 is 1.50 bits per heavy atom. The van der Waals surface area contributed by atoms with E-state index < -0.39 is 0 Å². The van der Waals surface area contributed by atoms with Crippen LogP contribution < -0.4 is 10.6 Å². The minimum absolute atomic E-state index is 1.09. The molecule has 0 aromatic carbocycles. The maximum atomic E-state index is 3.31. The average Bonchev–Trinajstić information content (AvgIpc) is 2.41. The number of rotatable bonds is 2. The zero-order valence-corrected chi connectivity index (χ0v) is 11.0. The molecule has 0 bridgehead atoms. The van der Waals surface area contributed by atoms with Gasteiger partial charge in [0.05, 0.1) is 0 Å². The normalized spacial score (nSPS) is 23.6. The third-order valence-corrected chi connectivity index (χ3v) is 3.27. The summed E-state index contributed by atoms with van der Waals surface area (Å²) in [6.45, 7) is 15.2. The number of hydrogen-bond donors (Lipinski definition) is 2. The Kier molecular flexibility index (Phi) is 7.76. The molecule has 2 N–H and O–H groups in total. The van der Waals surface area contributed by atoms with Crippen LogP contribution in [-0.4, -0.2) is 68.8 Å². The highest BCUT2D eigenvalue weighted by molar-refractivity contribution is 4.64. The summed E-state index contributed by atoms with van der Waals surface area (Å²) in [5.41, 5.74) is 0. The molecule has 2 heterocycles. The van der Waals surface area contributed by atoms with Crippen LogP contribution in [0, 0.1) is 0 Å². The molecule has 16 heavy (non-hydrogen) atoms. The van der Waals surface area contributed by atoms with Gasteiger partial charge in [-0.3, -0.25) is 4.90 Å². The van der Waals surface area contributed by atoms with Gasteiger partial charge in [0.2, 0.25) is 0 Å². The van der Waals surface area contributed by atoms with Crippen LogP contribution in [0.4, 0.5) is 0 Å². The van der Waals surface area contributed by atoms with Crippen molar-refractivity contribution in [2.45, 2.75) is 20.3 Å². The predicted octanol–water partition coefficient (Wildman–Crippen LogP) is 0.171. The summed E-state index contributed by atoms with van der Waals surface area (Å²) < 4.78 is 0. The average molecular weight is 228 g/mol. The Labute approximate surface area is 100 Å². The largest absolute Gasteiger partial charge is 0.314 e. The van der Waals surface area contributed by atoms with Gasteiger partial charge in [0.15, 0.2) is 0 Å². The molecule has 0 spiro atoms. The Morgan fingerprint density at radius 1 is 0.812 bits per heavy atom. The molecule has 4 nitrogen and oxygen atoms in total. The van der Waals surface area contributed by atoms with Gasteiger partial charge in [-0.05, 0) is 26.1 Å². The van der Waals surface area contributed by atoms with E-state index >= 15 is 0 Å². The first kappa shape index (κ1) is 13.9. The predicted molar refractivity (Wildman–Crippen MR) is 69.7 cm³/mol. The van der Waals surface area contributed by atoms with Gasteiger partial charge in [0, 0.05) is 39.4 Å². The summed E-state index contributed by atoms with van der Waals surface area (Å²) in [4.78, 5) is 4.86. The highest BCUT2D eigenvalue weighted by atomic mass is 15.2. The Balaban J connectivity index is 0.000000160. The van der Waals surface area contributed by atoms with Crippen molar-refractivity contribution in [3.8, 4) is 0 Å². The Morgan fingerprint density at radius 3 is 1.88 bits per heavy atom. The fourth-order valence-electron chi connectivity index (χ4n) is 2.04. The number of likely N-dealkylation sites (N-methyl/N-ethyl adjacent to an activating group) is 1. The first-order valence-electron chi connectivity index (χ1n) is 6.73. The fraction of sp³-hybridized carbons (Fsp3) is 1.00. The topological polar surface area (TPSA) is 30.5 Å². The quantitative estimate of drug-likeness (QED) is 0.705. The zero-order chi connectivity index (χ0) is 11.6. The molecule has 0 aromatic rings. The van der Waals surface area contributed by atoms with Gasteiger partial charge in [0.1, 0.15) is 0 Å². The second-order valence-electron chi connectivity index (χ2n) is 4.41. The molecule has 2 aliphatic rings. The van der Waals surface area contributed by atoms with Crippen molar-refractivity contribution in [1.82, 2.24) is 20.4 Å². The molecule has 0 saturated carbocycles. The van der Waals surface area contributed by atoms with Crippen molar-refractivity contribution in [2.75, 3.05) is 59.0 Å². The summed E-state index contributed by atoms with van der Waals surface area (Å²) in [7, 11) is 0. The molecule has 2 aliphatic heterocycles. The maximum absolute atomic E-state index is 3.31. The van der Waals surface area contributed by atoms with Crippen molar-refractivity contribution in [1.29, 1.82) is 0 Å². The molecule has 0 atom stereocenters. The van der Waals surface area contributed by atoms with Crippen LogP contribution in [-0.2, 0) is 0 Å². The molecule has 2 rings (SSSR count). The smallest absolute Gasteiger partial charge is 0.0480 e. The van der Waals surface area contributed by atoms with Crippen molar-refractivity contribution >= 4 is 0 Å². The molecule has 2 saturated heterocycles. The monoisotopic (exact) mass is 228 g/mol. The molecule has 0 unspecified atom stereocenters. The zero-order valence-electron chi connectivity index (χ0n) is 11.0.